The first kappa shape index (κ1) is 15.5. The molecule has 0 heterocycles. The zero-order chi connectivity index (χ0) is 12.6. The molecular formula is C14H29NO. The summed E-state index contributed by atoms with van der Waals surface area (Å²) in [5, 5.41) is 3.01. The Kier molecular flexibility index (Phi) is 8.32. The van der Waals surface area contributed by atoms with Gasteiger partial charge in [0.1, 0.15) is 0 Å². The van der Waals surface area contributed by atoms with E-state index in [9.17, 15) is 4.79 Å². The van der Waals surface area contributed by atoms with Crippen LogP contribution in [0.25, 0.3) is 0 Å². The third-order valence-corrected chi connectivity index (χ3v) is 3.17. The molecule has 0 aromatic rings. The maximum Gasteiger partial charge on any atom is 0.223 e. The summed E-state index contributed by atoms with van der Waals surface area (Å²) in [4.78, 5) is 11.6. The Morgan fingerprint density at radius 3 is 2.12 bits per heavy atom. The Labute approximate surface area is 101 Å². The van der Waals surface area contributed by atoms with Crippen molar-refractivity contribution in [1.29, 1.82) is 0 Å². The molecule has 0 aliphatic heterocycles. The van der Waals surface area contributed by atoms with Crippen LogP contribution in [-0.2, 0) is 4.79 Å². The van der Waals surface area contributed by atoms with Crippen LogP contribution in [0.5, 0.6) is 0 Å². The Bertz CT molecular complexity index is 187. The maximum atomic E-state index is 11.6. The van der Waals surface area contributed by atoms with Crippen LogP contribution in [0.1, 0.15) is 60.3 Å². The van der Waals surface area contributed by atoms with Gasteiger partial charge in [-0.25, -0.2) is 0 Å². The minimum atomic E-state index is 0.135. The lowest BCUT2D eigenvalue weighted by molar-refractivity contribution is -0.125. The molecule has 0 saturated heterocycles. The van der Waals surface area contributed by atoms with Gasteiger partial charge in [0.05, 0.1) is 0 Å². The normalized spacial score (nSPS) is 13.2. The molecule has 0 aromatic heterocycles. The molecular weight excluding hydrogens is 198 g/mol. The van der Waals surface area contributed by atoms with Gasteiger partial charge in [0.2, 0.25) is 5.91 Å². The molecule has 1 atom stereocenters. The topological polar surface area (TPSA) is 29.1 Å². The molecule has 1 amide bonds. The van der Waals surface area contributed by atoms with Crippen molar-refractivity contribution in [2.45, 2.75) is 60.3 Å². The van der Waals surface area contributed by atoms with Crippen molar-refractivity contribution in [1.82, 2.24) is 5.32 Å². The minimum absolute atomic E-state index is 0.135. The second-order valence-electron chi connectivity index (χ2n) is 5.57. The fourth-order valence-corrected chi connectivity index (χ4v) is 1.53. The monoisotopic (exact) mass is 227 g/mol. The standard InChI is InChI=1S/C14H29NO/c1-11(2)9-7-6-8-10-15-14(16)13(5)12(3)4/h11-13H,6-10H2,1-5H3,(H,15,16). The van der Waals surface area contributed by atoms with Gasteiger partial charge in [-0.05, 0) is 18.3 Å². The fourth-order valence-electron chi connectivity index (χ4n) is 1.53. The molecule has 96 valence electrons. The average molecular weight is 227 g/mol. The van der Waals surface area contributed by atoms with Crippen LogP contribution in [0, 0.1) is 17.8 Å². The third-order valence-electron chi connectivity index (χ3n) is 3.17. The van der Waals surface area contributed by atoms with Crippen molar-refractivity contribution in [3.8, 4) is 0 Å². The quantitative estimate of drug-likeness (QED) is 0.631. The van der Waals surface area contributed by atoms with E-state index >= 15 is 0 Å². The lowest BCUT2D eigenvalue weighted by atomic mass is 9.97. The highest BCUT2D eigenvalue weighted by Gasteiger charge is 2.15. The Hall–Kier alpha value is -0.530. The first-order chi connectivity index (χ1) is 7.45. The van der Waals surface area contributed by atoms with E-state index in [1.807, 2.05) is 6.92 Å². The summed E-state index contributed by atoms with van der Waals surface area (Å²) in [5.41, 5.74) is 0. The van der Waals surface area contributed by atoms with Gasteiger partial charge in [-0.3, -0.25) is 4.79 Å². The fraction of sp³-hybridized carbons (Fsp3) is 0.929. The van der Waals surface area contributed by atoms with Gasteiger partial charge in [-0.1, -0.05) is 53.9 Å². The highest BCUT2D eigenvalue weighted by atomic mass is 16.1. The Balaban J connectivity index is 3.41. The maximum absolute atomic E-state index is 11.6. The number of carbonyl (C=O) groups is 1. The number of rotatable bonds is 8. The highest BCUT2D eigenvalue weighted by molar-refractivity contribution is 5.78. The van der Waals surface area contributed by atoms with Crippen molar-refractivity contribution in [2.75, 3.05) is 6.54 Å². The van der Waals surface area contributed by atoms with Crippen LogP contribution in [0.3, 0.4) is 0 Å². The van der Waals surface area contributed by atoms with Gasteiger partial charge in [0.15, 0.2) is 0 Å². The lowest BCUT2D eigenvalue weighted by Gasteiger charge is -2.15. The van der Waals surface area contributed by atoms with Crippen molar-refractivity contribution >= 4 is 5.91 Å². The second kappa shape index (κ2) is 8.60. The molecule has 16 heavy (non-hydrogen) atoms. The molecule has 2 heteroatoms. The Morgan fingerprint density at radius 2 is 1.62 bits per heavy atom. The van der Waals surface area contributed by atoms with Crippen LogP contribution < -0.4 is 5.32 Å². The molecule has 0 saturated carbocycles. The van der Waals surface area contributed by atoms with E-state index < -0.39 is 0 Å². The second-order valence-corrected chi connectivity index (χ2v) is 5.57. The third kappa shape index (κ3) is 7.72. The van der Waals surface area contributed by atoms with E-state index in [1.54, 1.807) is 0 Å². The summed E-state index contributed by atoms with van der Waals surface area (Å²) >= 11 is 0. The van der Waals surface area contributed by atoms with Crippen molar-refractivity contribution in [3.63, 3.8) is 0 Å². The number of hydrogen-bond donors (Lipinski definition) is 1. The van der Waals surface area contributed by atoms with E-state index in [0.717, 1.165) is 18.9 Å². The number of carbonyl (C=O) groups excluding carboxylic acids is 1. The van der Waals surface area contributed by atoms with E-state index in [1.165, 1.54) is 19.3 Å². The summed E-state index contributed by atoms with van der Waals surface area (Å²) in [6.45, 7) is 11.5. The molecule has 0 aliphatic carbocycles. The van der Waals surface area contributed by atoms with Crippen LogP contribution in [0.15, 0.2) is 0 Å². The zero-order valence-electron chi connectivity index (χ0n) is 11.7. The summed E-state index contributed by atoms with van der Waals surface area (Å²) in [5.74, 6) is 1.58. The first-order valence-corrected chi connectivity index (χ1v) is 6.72. The van der Waals surface area contributed by atoms with Gasteiger partial charge in [-0.2, -0.15) is 0 Å². The first-order valence-electron chi connectivity index (χ1n) is 6.72. The SMILES string of the molecule is CC(C)CCCCCNC(=O)C(C)C(C)C. The molecule has 0 bridgehead atoms. The number of amides is 1. The molecule has 1 N–H and O–H groups in total. The Morgan fingerprint density at radius 1 is 1.00 bits per heavy atom. The van der Waals surface area contributed by atoms with E-state index in [0.29, 0.717) is 5.92 Å². The van der Waals surface area contributed by atoms with Gasteiger partial charge in [0, 0.05) is 12.5 Å². The average Bonchev–Trinajstić information content (AvgIpc) is 2.21. The minimum Gasteiger partial charge on any atom is -0.356 e. The van der Waals surface area contributed by atoms with Gasteiger partial charge < -0.3 is 5.32 Å². The summed E-state index contributed by atoms with van der Waals surface area (Å²) < 4.78 is 0. The van der Waals surface area contributed by atoms with Gasteiger partial charge in [-0.15, -0.1) is 0 Å². The molecule has 0 spiro atoms. The molecule has 0 radical (unpaired) electrons. The number of nitrogens with one attached hydrogen (secondary N) is 1. The van der Waals surface area contributed by atoms with E-state index in [2.05, 4.69) is 33.0 Å². The zero-order valence-corrected chi connectivity index (χ0v) is 11.7. The van der Waals surface area contributed by atoms with Crippen molar-refractivity contribution < 1.29 is 4.79 Å². The van der Waals surface area contributed by atoms with Crippen molar-refractivity contribution in [3.05, 3.63) is 0 Å². The van der Waals surface area contributed by atoms with Crippen LogP contribution in [0.4, 0.5) is 0 Å². The van der Waals surface area contributed by atoms with Crippen molar-refractivity contribution in [2.24, 2.45) is 17.8 Å². The summed E-state index contributed by atoms with van der Waals surface area (Å²) in [6, 6.07) is 0. The molecule has 0 aliphatic rings. The van der Waals surface area contributed by atoms with Gasteiger partial charge >= 0.3 is 0 Å². The predicted octanol–water partition coefficient (Wildman–Crippen LogP) is 3.61. The molecule has 0 aromatic carbocycles. The predicted molar refractivity (Wildman–Crippen MR) is 70.3 cm³/mol. The van der Waals surface area contributed by atoms with Crippen LogP contribution in [0.2, 0.25) is 0 Å². The molecule has 2 nitrogen and oxygen atoms in total. The van der Waals surface area contributed by atoms with Crippen LogP contribution in [-0.4, -0.2) is 12.5 Å². The van der Waals surface area contributed by atoms with E-state index in [-0.39, 0.29) is 11.8 Å². The van der Waals surface area contributed by atoms with Gasteiger partial charge in [0.25, 0.3) is 0 Å². The summed E-state index contributed by atoms with van der Waals surface area (Å²) in [6.07, 6.45) is 4.93. The van der Waals surface area contributed by atoms with E-state index in [4.69, 9.17) is 0 Å². The lowest BCUT2D eigenvalue weighted by Crippen LogP contribution is -2.32. The largest absolute Gasteiger partial charge is 0.356 e. The number of hydrogen-bond acceptors (Lipinski definition) is 1. The molecule has 0 rings (SSSR count). The smallest absolute Gasteiger partial charge is 0.223 e. The summed E-state index contributed by atoms with van der Waals surface area (Å²) in [7, 11) is 0. The molecule has 0 fully saturated rings. The highest BCUT2D eigenvalue weighted by Crippen LogP contribution is 2.10. The molecule has 1 unspecified atom stereocenters. The number of unbranched alkanes of at least 4 members (excludes halogenated alkanes) is 2. The van der Waals surface area contributed by atoms with Crippen LogP contribution >= 0.6 is 0 Å².